The highest BCUT2D eigenvalue weighted by Gasteiger charge is 2.47. The molecular formula is C15H29IN2O3. The number of ether oxygens (including phenoxy) is 1. The van der Waals surface area contributed by atoms with Crippen molar-refractivity contribution >= 4 is 34.9 Å². The Morgan fingerprint density at radius 3 is 1.95 bits per heavy atom. The summed E-state index contributed by atoms with van der Waals surface area (Å²) in [6.45, 7) is 15.0. The number of esters is 1. The molecule has 6 heteroatoms. The van der Waals surface area contributed by atoms with E-state index >= 15 is 0 Å². The Labute approximate surface area is 142 Å². The predicted octanol–water partition coefficient (Wildman–Crippen LogP) is 3.67. The first-order valence-corrected chi connectivity index (χ1v) is 8.23. The van der Waals surface area contributed by atoms with Crippen molar-refractivity contribution in [2.75, 3.05) is 13.2 Å². The summed E-state index contributed by atoms with van der Waals surface area (Å²) in [5, 5.41) is 2.59. The van der Waals surface area contributed by atoms with Crippen molar-refractivity contribution in [1.82, 2.24) is 8.85 Å². The van der Waals surface area contributed by atoms with Crippen LogP contribution in [0.2, 0.25) is 0 Å². The fourth-order valence-electron chi connectivity index (χ4n) is 2.21. The summed E-state index contributed by atoms with van der Waals surface area (Å²) in [6.07, 6.45) is 0.740. The maximum atomic E-state index is 12.6. The molecule has 0 rings (SSSR count). The highest BCUT2D eigenvalue weighted by Crippen LogP contribution is 2.47. The van der Waals surface area contributed by atoms with Crippen LogP contribution in [0.15, 0.2) is 0 Å². The maximum Gasteiger partial charge on any atom is 0.323 e. The van der Waals surface area contributed by atoms with Crippen LogP contribution in [0.25, 0.3) is 0 Å². The minimum absolute atomic E-state index is 0.0282. The largest absolute Gasteiger partial charge is 0.463 e. The average molecular weight is 412 g/mol. The number of hydrogen-bond donors (Lipinski definition) is 2. The van der Waals surface area contributed by atoms with Crippen molar-refractivity contribution in [2.24, 2.45) is 16.2 Å². The van der Waals surface area contributed by atoms with E-state index in [1.165, 1.54) is 0 Å². The molecule has 0 aliphatic rings. The van der Waals surface area contributed by atoms with Gasteiger partial charge in [0.2, 0.25) is 0 Å². The number of carbonyl (C=O) groups is 2. The average Bonchev–Trinajstić information content (AvgIpc) is 2.30. The van der Waals surface area contributed by atoms with Gasteiger partial charge in [-0.25, -0.2) is 4.79 Å². The van der Waals surface area contributed by atoms with Gasteiger partial charge in [0.05, 0.1) is 34.8 Å². The highest BCUT2D eigenvalue weighted by atomic mass is 127. The zero-order valence-electron chi connectivity index (χ0n) is 14.2. The minimum atomic E-state index is -0.573. The molecule has 1 atom stereocenters. The summed E-state index contributed by atoms with van der Waals surface area (Å²) in [6, 6.07) is -0.292. The van der Waals surface area contributed by atoms with Crippen LogP contribution in [0.3, 0.4) is 0 Å². The first-order chi connectivity index (χ1) is 9.33. The lowest BCUT2D eigenvalue weighted by Gasteiger charge is -2.43. The van der Waals surface area contributed by atoms with E-state index in [0.29, 0.717) is 6.54 Å². The van der Waals surface area contributed by atoms with E-state index in [1.807, 2.05) is 6.92 Å². The van der Waals surface area contributed by atoms with Crippen molar-refractivity contribution in [2.45, 2.75) is 54.9 Å². The van der Waals surface area contributed by atoms with E-state index in [9.17, 15) is 9.59 Å². The van der Waals surface area contributed by atoms with Gasteiger partial charge in [-0.1, -0.05) is 41.5 Å². The van der Waals surface area contributed by atoms with Crippen molar-refractivity contribution in [3.05, 3.63) is 0 Å². The Hall–Kier alpha value is -0.530. The number of hydrogen-bond acceptors (Lipinski definition) is 3. The van der Waals surface area contributed by atoms with Crippen molar-refractivity contribution in [3.8, 4) is 0 Å². The first kappa shape index (κ1) is 20.5. The fraction of sp³-hybridized carbons (Fsp3) is 0.867. The van der Waals surface area contributed by atoms with Gasteiger partial charge in [-0.05, 0) is 24.2 Å². The Balaban J connectivity index is 4.73. The van der Waals surface area contributed by atoms with Gasteiger partial charge in [0.25, 0.3) is 0 Å². The quantitative estimate of drug-likeness (QED) is 0.314. The molecule has 0 radical (unpaired) electrons. The molecule has 0 aromatic heterocycles. The van der Waals surface area contributed by atoms with Crippen LogP contribution >= 0.6 is 22.9 Å². The standard InChI is InChI=1S/C15H29IN2O3/c1-13(2,3)10-15(7,14(4,5)6)11(19)21-9-8-17-12(20)18-16/h8-10H2,1-7H3,(H2,17,18,20). The minimum Gasteiger partial charge on any atom is -0.463 e. The molecular weight excluding hydrogens is 383 g/mol. The third-order valence-corrected chi connectivity index (χ3v) is 4.19. The molecule has 0 spiro atoms. The van der Waals surface area contributed by atoms with Gasteiger partial charge in [-0.3, -0.25) is 8.32 Å². The molecule has 0 saturated heterocycles. The summed E-state index contributed by atoms with van der Waals surface area (Å²) in [5.74, 6) is -0.207. The van der Waals surface area contributed by atoms with Gasteiger partial charge in [-0.2, -0.15) is 0 Å². The zero-order valence-corrected chi connectivity index (χ0v) is 16.4. The Kier molecular flexibility index (Phi) is 7.45. The molecule has 2 amide bonds. The molecule has 0 aromatic carbocycles. The van der Waals surface area contributed by atoms with E-state index in [0.717, 1.165) is 6.42 Å². The molecule has 124 valence electrons. The van der Waals surface area contributed by atoms with Crippen LogP contribution < -0.4 is 8.85 Å². The Morgan fingerprint density at radius 2 is 1.57 bits per heavy atom. The fourth-order valence-corrected chi connectivity index (χ4v) is 2.40. The number of carbonyl (C=O) groups excluding carboxylic acids is 2. The van der Waals surface area contributed by atoms with Crippen LogP contribution in [0.4, 0.5) is 4.79 Å². The SMILES string of the molecule is CC(C)(C)CC(C)(C(=O)OCCNC(=O)NI)C(C)(C)C. The van der Waals surface area contributed by atoms with Crippen LogP contribution in [-0.4, -0.2) is 25.2 Å². The topological polar surface area (TPSA) is 67.4 Å². The second-order valence-corrected chi connectivity index (χ2v) is 8.35. The molecule has 5 nitrogen and oxygen atoms in total. The number of amides is 2. The molecule has 0 aliphatic carbocycles. The molecule has 0 aliphatic heterocycles. The monoisotopic (exact) mass is 412 g/mol. The molecule has 0 fully saturated rings. The van der Waals surface area contributed by atoms with Gasteiger partial charge >= 0.3 is 12.0 Å². The van der Waals surface area contributed by atoms with Gasteiger partial charge in [-0.15, -0.1) is 0 Å². The van der Waals surface area contributed by atoms with Crippen LogP contribution in [0, 0.1) is 16.2 Å². The zero-order chi connectivity index (χ0) is 16.9. The number of urea groups is 1. The van der Waals surface area contributed by atoms with Crippen LogP contribution in [0.1, 0.15) is 54.9 Å². The van der Waals surface area contributed by atoms with E-state index in [1.54, 1.807) is 22.9 Å². The van der Waals surface area contributed by atoms with Gasteiger partial charge in [0.1, 0.15) is 6.61 Å². The van der Waals surface area contributed by atoms with Gasteiger partial charge < -0.3 is 10.1 Å². The molecule has 0 saturated carbocycles. The van der Waals surface area contributed by atoms with E-state index in [4.69, 9.17) is 4.74 Å². The molecule has 0 bridgehead atoms. The summed E-state index contributed by atoms with van der Waals surface area (Å²) in [5.41, 5.74) is -0.748. The molecule has 2 N–H and O–H groups in total. The summed E-state index contributed by atoms with van der Waals surface area (Å²) in [4.78, 5) is 23.6. The second-order valence-electron chi connectivity index (χ2n) is 7.81. The van der Waals surface area contributed by atoms with Crippen molar-refractivity contribution < 1.29 is 14.3 Å². The Bertz CT molecular complexity index is 372. The number of nitrogens with one attached hydrogen (secondary N) is 2. The predicted molar refractivity (Wildman–Crippen MR) is 93.1 cm³/mol. The number of rotatable bonds is 5. The second kappa shape index (κ2) is 7.65. The summed E-state index contributed by atoms with van der Waals surface area (Å²) < 4.78 is 7.81. The molecule has 21 heavy (non-hydrogen) atoms. The third kappa shape index (κ3) is 6.84. The smallest absolute Gasteiger partial charge is 0.323 e. The summed E-state index contributed by atoms with van der Waals surface area (Å²) >= 11 is 1.75. The Morgan fingerprint density at radius 1 is 1.05 bits per heavy atom. The van der Waals surface area contributed by atoms with E-state index in [2.05, 4.69) is 50.4 Å². The van der Waals surface area contributed by atoms with Crippen molar-refractivity contribution in [1.29, 1.82) is 0 Å². The lowest BCUT2D eigenvalue weighted by atomic mass is 9.61. The third-order valence-electron chi connectivity index (χ3n) is 3.70. The van der Waals surface area contributed by atoms with E-state index < -0.39 is 5.41 Å². The van der Waals surface area contributed by atoms with Crippen molar-refractivity contribution in [3.63, 3.8) is 0 Å². The highest BCUT2D eigenvalue weighted by molar-refractivity contribution is 14.1. The van der Waals surface area contributed by atoms with Gasteiger partial charge in [0, 0.05) is 0 Å². The molecule has 1 unspecified atom stereocenters. The lowest BCUT2D eigenvalue weighted by molar-refractivity contribution is -0.164. The van der Waals surface area contributed by atoms with Gasteiger partial charge in [0.15, 0.2) is 0 Å². The lowest BCUT2D eigenvalue weighted by Crippen LogP contribution is -2.45. The first-order valence-electron chi connectivity index (χ1n) is 7.15. The van der Waals surface area contributed by atoms with E-state index in [-0.39, 0.29) is 29.4 Å². The van der Waals surface area contributed by atoms with Crippen LogP contribution in [-0.2, 0) is 9.53 Å². The van der Waals surface area contributed by atoms with Crippen LogP contribution in [0.5, 0.6) is 0 Å². The number of halogens is 1. The normalized spacial score (nSPS) is 15.0. The maximum absolute atomic E-state index is 12.6. The molecule has 0 aromatic rings. The summed E-state index contributed by atoms with van der Waals surface area (Å²) in [7, 11) is 0. The molecule has 0 heterocycles.